The maximum atomic E-state index is 12.3. The standard InChI is InChI=1S/C12H14F3N3/c1-8(18-7-11(17)6-16)9-2-4-10(5-3-9)12(13,14)15/h2-5,17H,6-7,16H2,1H3. The number of benzene rings is 1. The average Bonchev–Trinajstić information content (AvgIpc) is 2.34. The molecule has 3 nitrogen and oxygen atoms in total. The SMILES string of the molecule is CC(=NCC(=N)CN)c1ccc(C(F)(F)F)cc1. The molecule has 1 rings (SSSR count). The quantitative estimate of drug-likeness (QED) is 0.800. The van der Waals surface area contributed by atoms with Crippen LogP contribution >= 0.6 is 0 Å². The molecule has 0 bridgehead atoms. The van der Waals surface area contributed by atoms with E-state index in [9.17, 15) is 13.2 Å². The number of hydrogen-bond donors (Lipinski definition) is 2. The molecule has 0 unspecified atom stereocenters. The predicted molar refractivity (Wildman–Crippen MR) is 65.3 cm³/mol. The van der Waals surface area contributed by atoms with E-state index in [-0.39, 0.29) is 18.8 Å². The molecule has 0 saturated carbocycles. The summed E-state index contributed by atoms with van der Waals surface area (Å²) in [6.07, 6.45) is -4.33. The summed E-state index contributed by atoms with van der Waals surface area (Å²) in [5.74, 6) is 0. The molecule has 0 spiro atoms. The second-order valence-electron chi connectivity index (χ2n) is 3.78. The van der Waals surface area contributed by atoms with Gasteiger partial charge in [0.05, 0.1) is 12.1 Å². The Balaban J connectivity index is 2.82. The lowest BCUT2D eigenvalue weighted by Crippen LogP contribution is -2.16. The van der Waals surface area contributed by atoms with Crippen LogP contribution in [0.3, 0.4) is 0 Å². The third kappa shape index (κ3) is 3.96. The van der Waals surface area contributed by atoms with Gasteiger partial charge in [0.25, 0.3) is 0 Å². The minimum atomic E-state index is -4.33. The number of nitrogens with zero attached hydrogens (tertiary/aromatic N) is 1. The third-order valence-corrected chi connectivity index (χ3v) is 2.38. The summed E-state index contributed by atoms with van der Waals surface area (Å²) in [7, 11) is 0. The van der Waals surface area contributed by atoms with Gasteiger partial charge in [0.15, 0.2) is 0 Å². The molecule has 0 saturated heterocycles. The van der Waals surface area contributed by atoms with Crippen LogP contribution in [0.2, 0.25) is 0 Å². The molecule has 98 valence electrons. The molecule has 1 aromatic rings. The maximum Gasteiger partial charge on any atom is 0.416 e. The van der Waals surface area contributed by atoms with Gasteiger partial charge in [-0.25, -0.2) is 0 Å². The number of alkyl halides is 3. The van der Waals surface area contributed by atoms with Gasteiger partial charge in [-0.05, 0) is 24.6 Å². The van der Waals surface area contributed by atoms with Crippen molar-refractivity contribution in [1.29, 1.82) is 5.41 Å². The van der Waals surface area contributed by atoms with E-state index in [4.69, 9.17) is 11.1 Å². The van der Waals surface area contributed by atoms with Gasteiger partial charge in [-0.1, -0.05) is 12.1 Å². The highest BCUT2D eigenvalue weighted by Crippen LogP contribution is 2.29. The Kier molecular flexibility index (Phi) is 4.61. The van der Waals surface area contributed by atoms with Crippen LogP contribution in [0.5, 0.6) is 0 Å². The number of nitrogens with one attached hydrogen (secondary N) is 1. The van der Waals surface area contributed by atoms with Crippen LogP contribution in [-0.2, 0) is 6.18 Å². The van der Waals surface area contributed by atoms with E-state index in [0.717, 1.165) is 12.1 Å². The molecule has 1 aromatic carbocycles. The Morgan fingerprint density at radius 3 is 2.28 bits per heavy atom. The Hall–Kier alpha value is -1.69. The lowest BCUT2D eigenvalue weighted by atomic mass is 10.1. The van der Waals surface area contributed by atoms with Gasteiger partial charge in [-0.3, -0.25) is 4.99 Å². The van der Waals surface area contributed by atoms with E-state index in [1.807, 2.05) is 0 Å². The number of aliphatic imine (C=N–C) groups is 1. The molecule has 6 heteroatoms. The summed E-state index contributed by atoms with van der Waals surface area (Å²) in [6, 6.07) is 4.77. The van der Waals surface area contributed by atoms with Crippen molar-refractivity contribution in [3.63, 3.8) is 0 Å². The molecule has 0 radical (unpaired) electrons. The first-order valence-electron chi connectivity index (χ1n) is 5.29. The van der Waals surface area contributed by atoms with Crippen molar-refractivity contribution >= 4 is 11.4 Å². The van der Waals surface area contributed by atoms with Crippen molar-refractivity contribution in [3.05, 3.63) is 35.4 Å². The number of rotatable bonds is 4. The van der Waals surface area contributed by atoms with Crippen LogP contribution in [0.15, 0.2) is 29.3 Å². The fraction of sp³-hybridized carbons (Fsp3) is 0.333. The Labute approximate surface area is 103 Å². The molecule has 18 heavy (non-hydrogen) atoms. The molecular weight excluding hydrogens is 243 g/mol. The van der Waals surface area contributed by atoms with E-state index < -0.39 is 11.7 Å². The van der Waals surface area contributed by atoms with Gasteiger partial charge in [0.2, 0.25) is 0 Å². The second kappa shape index (κ2) is 5.77. The molecule has 0 fully saturated rings. The Bertz CT molecular complexity index is 447. The van der Waals surface area contributed by atoms with Crippen LogP contribution < -0.4 is 5.73 Å². The monoisotopic (exact) mass is 257 g/mol. The zero-order valence-corrected chi connectivity index (χ0v) is 9.88. The zero-order valence-electron chi connectivity index (χ0n) is 9.88. The molecule has 0 amide bonds. The normalized spacial score (nSPS) is 12.6. The summed E-state index contributed by atoms with van der Waals surface area (Å²) in [4.78, 5) is 4.09. The fourth-order valence-electron chi connectivity index (χ4n) is 1.27. The lowest BCUT2D eigenvalue weighted by molar-refractivity contribution is -0.137. The highest BCUT2D eigenvalue weighted by atomic mass is 19.4. The second-order valence-corrected chi connectivity index (χ2v) is 3.78. The van der Waals surface area contributed by atoms with Crippen molar-refractivity contribution in [1.82, 2.24) is 0 Å². The minimum Gasteiger partial charge on any atom is -0.325 e. The van der Waals surface area contributed by atoms with E-state index in [0.29, 0.717) is 11.3 Å². The third-order valence-electron chi connectivity index (χ3n) is 2.38. The van der Waals surface area contributed by atoms with E-state index in [1.165, 1.54) is 12.1 Å². The maximum absolute atomic E-state index is 12.3. The molecular formula is C12H14F3N3. The highest BCUT2D eigenvalue weighted by molar-refractivity contribution is 6.00. The summed E-state index contributed by atoms with van der Waals surface area (Å²) in [6.45, 7) is 1.99. The minimum absolute atomic E-state index is 0.129. The number of nitrogens with two attached hydrogens (primary N) is 1. The molecule has 0 aromatic heterocycles. The fourth-order valence-corrected chi connectivity index (χ4v) is 1.27. The van der Waals surface area contributed by atoms with E-state index in [2.05, 4.69) is 4.99 Å². The first-order valence-corrected chi connectivity index (χ1v) is 5.29. The van der Waals surface area contributed by atoms with Crippen molar-refractivity contribution < 1.29 is 13.2 Å². The van der Waals surface area contributed by atoms with Gasteiger partial charge < -0.3 is 11.1 Å². The van der Waals surface area contributed by atoms with Gasteiger partial charge in [-0.2, -0.15) is 13.2 Å². The Morgan fingerprint density at radius 2 is 1.83 bits per heavy atom. The first-order chi connectivity index (χ1) is 8.34. The smallest absolute Gasteiger partial charge is 0.325 e. The molecule has 0 heterocycles. The topological polar surface area (TPSA) is 62.2 Å². The van der Waals surface area contributed by atoms with Crippen molar-refractivity contribution in [2.75, 3.05) is 13.1 Å². The largest absolute Gasteiger partial charge is 0.416 e. The van der Waals surface area contributed by atoms with Crippen molar-refractivity contribution in [3.8, 4) is 0 Å². The van der Waals surface area contributed by atoms with Gasteiger partial charge >= 0.3 is 6.18 Å². The summed E-state index contributed by atoms with van der Waals surface area (Å²) in [5.41, 5.74) is 6.03. The van der Waals surface area contributed by atoms with Crippen LogP contribution in [-0.4, -0.2) is 24.5 Å². The van der Waals surface area contributed by atoms with Crippen LogP contribution in [0.25, 0.3) is 0 Å². The molecule has 3 N–H and O–H groups in total. The highest BCUT2D eigenvalue weighted by Gasteiger charge is 2.29. The summed E-state index contributed by atoms with van der Waals surface area (Å²) >= 11 is 0. The molecule has 0 aliphatic rings. The lowest BCUT2D eigenvalue weighted by Gasteiger charge is -2.07. The zero-order chi connectivity index (χ0) is 13.8. The molecule has 0 aliphatic carbocycles. The van der Waals surface area contributed by atoms with Crippen LogP contribution in [0, 0.1) is 5.41 Å². The van der Waals surface area contributed by atoms with Crippen LogP contribution in [0.4, 0.5) is 13.2 Å². The van der Waals surface area contributed by atoms with Crippen molar-refractivity contribution in [2.45, 2.75) is 13.1 Å². The summed E-state index contributed by atoms with van der Waals surface area (Å²) < 4.78 is 37.0. The van der Waals surface area contributed by atoms with Gasteiger partial charge in [0.1, 0.15) is 0 Å². The average molecular weight is 257 g/mol. The first kappa shape index (κ1) is 14.4. The summed E-state index contributed by atoms with van der Waals surface area (Å²) in [5, 5.41) is 7.33. The van der Waals surface area contributed by atoms with Crippen molar-refractivity contribution in [2.24, 2.45) is 10.7 Å². The van der Waals surface area contributed by atoms with Gasteiger partial charge in [0, 0.05) is 18.0 Å². The van der Waals surface area contributed by atoms with Crippen LogP contribution in [0.1, 0.15) is 18.1 Å². The van der Waals surface area contributed by atoms with E-state index in [1.54, 1.807) is 6.92 Å². The number of halogens is 3. The van der Waals surface area contributed by atoms with Gasteiger partial charge in [-0.15, -0.1) is 0 Å². The van der Waals surface area contributed by atoms with E-state index >= 15 is 0 Å². The number of hydrogen-bond acceptors (Lipinski definition) is 3. The molecule has 0 atom stereocenters. The predicted octanol–water partition coefficient (Wildman–Crippen LogP) is 2.49. The molecule has 0 aliphatic heterocycles. The Morgan fingerprint density at radius 1 is 1.28 bits per heavy atom.